The predicted molar refractivity (Wildman–Crippen MR) is 80.7 cm³/mol. The van der Waals surface area contributed by atoms with Gasteiger partial charge in [-0.3, -0.25) is 9.59 Å². The SMILES string of the molecule is CN(C(=O)CCCc1cccs1)[C@@H]1CCCCNC1=O. The molecule has 0 radical (unpaired) electrons. The van der Waals surface area contributed by atoms with Crippen LogP contribution in [0, 0.1) is 0 Å². The topological polar surface area (TPSA) is 49.4 Å². The third-order valence-corrected chi connectivity index (χ3v) is 4.70. The first-order chi connectivity index (χ1) is 9.68. The highest BCUT2D eigenvalue weighted by molar-refractivity contribution is 7.09. The van der Waals surface area contributed by atoms with E-state index < -0.39 is 0 Å². The zero-order valence-corrected chi connectivity index (χ0v) is 12.7. The summed E-state index contributed by atoms with van der Waals surface area (Å²) < 4.78 is 0. The van der Waals surface area contributed by atoms with E-state index in [0.717, 1.165) is 38.6 Å². The van der Waals surface area contributed by atoms with Gasteiger partial charge in [-0.2, -0.15) is 0 Å². The van der Waals surface area contributed by atoms with Crippen molar-refractivity contribution < 1.29 is 9.59 Å². The molecule has 5 heteroatoms. The number of carbonyl (C=O) groups is 2. The van der Waals surface area contributed by atoms with E-state index >= 15 is 0 Å². The molecule has 20 heavy (non-hydrogen) atoms. The zero-order valence-electron chi connectivity index (χ0n) is 11.9. The third kappa shape index (κ3) is 4.07. The summed E-state index contributed by atoms with van der Waals surface area (Å²) in [6.45, 7) is 0.732. The predicted octanol–water partition coefficient (Wildman–Crippen LogP) is 2.20. The molecule has 0 aromatic carbocycles. The van der Waals surface area contributed by atoms with Crippen LogP contribution < -0.4 is 5.32 Å². The molecule has 1 aromatic heterocycles. The van der Waals surface area contributed by atoms with Crippen molar-refractivity contribution in [3.8, 4) is 0 Å². The highest BCUT2D eigenvalue weighted by Crippen LogP contribution is 2.15. The number of amides is 2. The van der Waals surface area contributed by atoms with Gasteiger partial charge < -0.3 is 10.2 Å². The number of nitrogens with one attached hydrogen (secondary N) is 1. The van der Waals surface area contributed by atoms with Crippen LogP contribution in [-0.2, 0) is 16.0 Å². The Morgan fingerprint density at radius 1 is 1.50 bits per heavy atom. The maximum Gasteiger partial charge on any atom is 0.242 e. The van der Waals surface area contributed by atoms with E-state index in [1.54, 1.807) is 23.3 Å². The van der Waals surface area contributed by atoms with Crippen LogP contribution in [0.25, 0.3) is 0 Å². The van der Waals surface area contributed by atoms with Gasteiger partial charge in [-0.25, -0.2) is 0 Å². The maximum atomic E-state index is 12.2. The average molecular weight is 294 g/mol. The first kappa shape index (κ1) is 15.0. The second kappa shape index (κ2) is 7.43. The molecule has 2 heterocycles. The molecule has 1 fully saturated rings. The van der Waals surface area contributed by atoms with Gasteiger partial charge in [0.15, 0.2) is 0 Å². The minimum absolute atomic E-state index is 0.00314. The summed E-state index contributed by atoms with van der Waals surface area (Å²) in [5.41, 5.74) is 0. The van der Waals surface area contributed by atoms with Gasteiger partial charge >= 0.3 is 0 Å². The molecule has 1 aliphatic rings. The lowest BCUT2D eigenvalue weighted by Crippen LogP contribution is -2.46. The molecule has 0 aliphatic carbocycles. The fourth-order valence-corrected chi connectivity index (χ4v) is 3.26. The van der Waals surface area contributed by atoms with E-state index in [9.17, 15) is 9.59 Å². The van der Waals surface area contributed by atoms with Gasteiger partial charge in [-0.1, -0.05) is 6.07 Å². The smallest absolute Gasteiger partial charge is 0.242 e. The average Bonchev–Trinajstić information content (AvgIpc) is 2.86. The quantitative estimate of drug-likeness (QED) is 0.905. The first-order valence-corrected chi connectivity index (χ1v) is 8.12. The van der Waals surface area contributed by atoms with Crippen LogP contribution in [-0.4, -0.2) is 36.3 Å². The van der Waals surface area contributed by atoms with Crippen molar-refractivity contribution in [2.75, 3.05) is 13.6 Å². The molecule has 0 saturated carbocycles. The largest absolute Gasteiger partial charge is 0.354 e. The van der Waals surface area contributed by atoms with Crippen molar-refractivity contribution in [1.29, 1.82) is 0 Å². The monoisotopic (exact) mass is 294 g/mol. The van der Waals surface area contributed by atoms with Gasteiger partial charge in [-0.15, -0.1) is 11.3 Å². The number of likely N-dealkylation sites (N-methyl/N-ethyl adjacent to an activating group) is 1. The Bertz CT molecular complexity index is 445. The van der Waals surface area contributed by atoms with Crippen LogP contribution in [0.5, 0.6) is 0 Å². The standard InChI is InChI=1S/C15H22N2O2S/c1-17(13-8-2-3-10-16-15(13)19)14(18)9-4-6-12-7-5-11-20-12/h5,7,11,13H,2-4,6,8-10H2,1H3,(H,16,19)/t13-/m1/s1. The Morgan fingerprint density at radius 2 is 2.35 bits per heavy atom. The van der Waals surface area contributed by atoms with Gasteiger partial charge in [0.25, 0.3) is 0 Å². The van der Waals surface area contributed by atoms with Gasteiger partial charge in [0.1, 0.15) is 6.04 Å². The van der Waals surface area contributed by atoms with Crippen LogP contribution in [0.15, 0.2) is 17.5 Å². The van der Waals surface area contributed by atoms with Crippen molar-refractivity contribution in [2.45, 2.75) is 44.6 Å². The van der Waals surface area contributed by atoms with Crippen molar-refractivity contribution in [2.24, 2.45) is 0 Å². The molecule has 1 aliphatic heterocycles. The van der Waals surface area contributed by atoms with Crippen molar-refractivity contribution >= 4 is 23.2 Å². The van der Waals surface area contributed by atoms with Crippen molar-refractivity contribution in [1.82, 2.24) is 10.2 Å². The highest BCUT2D eigenvalue weighted by Gasteiger charge is 2.27. The van der Waals surface area contributed by atoms with Gasteiger partial charge in [0.05, 0.1) is 0 Å². The fourth-order valence-electron chi connectivity index (χ4n) is 2.51. The number of hydrogen-bond donors (Lipinski definition) is 1. The van der Waals surface area contributed by atoms with E-state index in [0.29, 0.717) is 6.42 Å². The summed E-state index contributed by atoms with van der Waals surface area (Å²) in [7, 11) is 1.75. The number of rotatable bonds is 5. The van der Waals surface area contributed by atoms with Crippen LogP contribution in [0.4, 0.5) is 0 Å². The lowest BCUT2D eigenvalue weighted by Gasteiger charge is -2.25. The second-order valence-corrected chi connectivity index (χ2v) is 6.27. The van der Waals surface area contributed by atoms with E-state index in [-0.39, 0.29) is 17.9 Å². The molecule has 0 spiro atoms. The minimum Gasteiger partial charge on any atom is -0.354 e. The van der Waals surface area contributed by atoms with Gasteiger partial charge in [-0.05, 0) is 43.6 Å². The molecule has 2 rings (SSSR count). The molecule has 1 aromatic rings. The fraction of sp³-hybridized carbons (Fsp3) is 0.600. The number of thiophene rings is 1. The molecule has 4 nitrogen and oxygen atoms in total. The summed E-state index contributed by atoms with van der Waals surface area (Å²) in [5.74, 6) is 0.0696. The zero-order chi connectivity index (χ0) is 14.4. The van der Waals surface area contributed by atoms with Crippen molar-refractivity contribution in [3.63, 3.8) is 0 Å². The Balaban J connectivity index is 1.79. The van der Waals surface area contributed by atoms with Crippen LogP contribution in [0.2, 0.25) is 0 Å². The molecule has 0 bridgehead atoms. The molecule has 2 amide bonds. The van der Waals surface area contributed by atoms with Crippen LogP contribution in [0.3, 0.4) is 0 Å². The number of nitrogens with zero attached hydrogens (tertiary/aromatic N) is 1. The van der Waals surface area contributed by atoms with E-state index in [2.05, 4.69) is 16.8 Å². The first-order valence-electron chi connectivity index (χ1n) is 7.24. The Morgan fingerprint density at radius 3 is 3.10 bits per heavy atom. The number of aryl methyl sites for hydroxylation is 1. The van der Waals surface area contributed by atoms with Gasteiger partial charge in [0, 0.05) is 24.9 Å². The normalized spacial score (nSPS) is 19.2. The summed E-state index contributed by atoms with van der Waals surface area (Å²) in [5, 5.41) is 4.93. The van der Waals surface area contributed by atoms with Crippen molar-refractivity contribution in [3.05, 3.63) is 22.4 Å². The highest BCUT2D eigenvalue weighted by atomic mass is 32.1. The Hall–Kier alpha value is -1.36. The lowest BCUT2D eigenvalue weighted by atomic mass is 10.1. The molecular formula is C15H22N2O2S. The Labute approximate surface area is 124 Å². The molecule has 110 valence electrons. The summed E-state index contributed by atoms with van der Waals surface area (Å²) >= 11 is 1.73. The summed E-state index contributed by atoms with van der Waals surface area (Å²) in [4.78, 5) is 27.0. The molecular weight excluding hydrogens is 272 g/mol. The third-order valence-electron chi connectivity index (χ3n) is 3.76. The number of carbonyl (C=O) groups excluding carboxylic acids is 2. The molecule has 1 saturated heterocycles. The van der Waals surface area contributed by atoms with Gasteiger partial charge in [0.2, 0.25) is 11.8 Å². The summed E-state index contributed by atoms with van der Waals surface area (Å²) in [6.07, 6.45) is 5.07. The van der Waals surface area contributed by atoms with E-state index in [4.69, 9.17) is 0 Å². The lowest BCUT2D eigenvalue weighted by molar-refractivity contribution is -0.138. The number of hydrogen-bond acceptors (Lipinski definition) is 3. The minimum atomic E-state index is -0.285. The van der Waals surface area contributed by atoms with Crippen LogP contribution in [0.1, 0.15) is 37.0 Å². The van der Waals surface area contributed by atoms with E-state index in [1.165, 1.54) is 4.88 Å². The van der Waals surface area contributed by atoms with E-state index in [1.807, 2.05) is 6.07 Å². The summed E-state index contributed by atoms with van der Waals surface area (Å²) in [6, 6.07) is 3.84. The molecule has 1 atom stereocenters. The Kier molecular flexibility index (Phi) is 5.59. The maximum absolute atomic E-state index is 12.2. The molecule has 0 unspecified atom stereocenters. The van der Waals surface area contributed by atoms with Crippen LogP contribution >= 0.6 is 11.3 Å². The second-order valence-electron chi connectivity index (χ2n) is 5.24. The molecule has 1 N–H and O–H groups in total.